The van der Waals surface area contributed by atoms with E-state index in [1.165, 1.54) is 5.56 Å². The molecule has 4 heteroatoms. The maximum absolute atomic E-state index is 6.07. The van der Waals surface area contributed by atoms with E-state index in [0.717, 1.165) is 34.1 Å². The summed E-state index contributed by atoms with van der Waals surface area (Å²) in [6, 6.07) is 28.7. The van der Waals surface area contributed by atoms with E-state index >= 15 is 0 Å². The zero-order valence-electron chi connectivity index (χ0n) is 15.7. The van der Waals surface area contributed by atoms with Crippen molar-refractivity contribution in [3.63, 3.8) is 0 Å². The van der Waals surface area contributed by atoms with E-state index in [9.17, 15) is 0 Å². The van der Waals surface area contributed by atoms with Crippen LogP contribution in [0.3, 0.4) is 0 Å². The molecule has 0 fully saturated rings. The highest BCUT2D eigenvalue weighted by Gasteiger charge is 2.14. The van der Waals surface area contributed by atoms with Gasteiger partial charge in [0.2, 0.25) is 0 Å². The van der Waals surface area contributed by atoms with Crippen LogP contribution in [0.2, 0.25) is 5.02 Å². The van der Waals surface area contributed by atoms with Crippen LogP contribution < -0.4 is 5.32 Å². The topological polar surface area (TPSA) is 29.9 Å². The van der Waals surface area contributed by atoms with Gasteiger partial charge < -0.3 is 5.32 Å². The van der Waals surface area contributed by atoms with Crippen LogP contribution in [0.5, 0.6) is 0 Å². The van der Waals surface area contributed by atoms with Crippen LogP contribution in [0.15, 0.2) is 91.1 Å². The fourth-order valence-electron chi connectivity index (χ4n) is 3.23. The van der Waals surface area contributed by atoms with E-state index in [4.69, 9.17) is 16.7 Å². The number of nitrogens with zero attached hydrogens (tertiary/aromatic N) is 2. The van der Waals surface area contributed by atoms with Gasteiger partial charge in [-0.1, -0.05) is 72.3 Å². The number of hydrogen-bond acceptors (Lipinski definition) is 2. The molecule has 4 aromatic rings. The molecule has 0 aliphatic rings. The molecule has 28 heavy (non-hydrogen) atoms. The first-order valence-electron chi connectivity index (χ1n) is 9.39. The molecule has 1 unspecified atom stereocenters. The molecule has 0 aliphatic heterocycles. The predicted octanol–water partition coefficient (Wildman–Crippen LogP) is 6.04. The number of halogens is 1. The third-order valence-corrected chi connectivity index (χ3v) is 5.08. The van der Waals surface area contributed by atoms with Gasteiger partial charge in [0, 0.05) is 34.9 Å². The third-order valence-electron chi connectivity index (χ3n) is 4.83. The fourth-order valence-corrected chi connectivity index (χ4v) is 3.35. The Balaban J connectivity index is 1.64. The standard InChI is InChI=1S/C24H22ClN3/c1-18(19-8-4-2-5-9-19)26-16-21-17-28(23-10-6-3-7-11-23)27-24(21)20-12-14-22(25)15-13-20/h2-15,17-18,26H,16H2,1H3. The van der Waals surface area contributed by atoms with E-state index < -0.39 is 0 Å². The van der Waals surface area contributed by atoms with Crippen molar-refractivity contribution < 1.29 is 0 Å². The molecule has 0 saturated heterocycles. The number of para-hydroxylation sites is 1. The van der Waals surface area contributed by atoms with E-state index in [0.29, 0.717) is 0 Å². The summed E-state index contributed by atoms with van der Waals surface area (Å²) >= 11 is 6.07. The number of rotatable bonds is 6. The lowest BCUT2D eigenvalue weighted by molar-refractivity contribution is 0.575. The van der Waals surface area contributed by atoms with E-state index in [2.05, 4.69) is 54.8 Å². The summed E-state index contributed by atoms with van der Waals surface area (Å²) in [5.74, 6) is 0. The molecule has 0 saturated carbocycles. The first-order valence-corrected chi connectivity index (χ1v) is 9.77. The molecule has 3 aromatic carbocycles. The molecule has 1 N–H and O–H groups in total. The molecule has 0 bridgehead atoms. The van der Waals surface area contributed by atoms with Crippen molar-refractivity contribution in [2.75, 3.05) is 0 Å². The molecule has 0 amide bonds. The van der Waals surface area contributed by atoms with Crippen molar-refractivity contribution >= 4 is 11.6 Å². The van der Waals surface area contributed by atoms with Crippen LogP contribution in [0.25, 0.3) is 16.9 Å². The SMILES string of the molecule is CC(NCc1cn(-c2ccccc2)nc1-c1ccc(Cl)cc1)c1ccccc1. The Labute approximate surface area is 170 Å². The minimum Gasteiger partial charge on any atom is -0.306 e. The largest absolute Gasteiger partial charge is 0.306 e. The second kappa shape index (κ2) is 8.42. The fraction of sp³-hybridized carbons (Fsp3) is 0.125. The predicted molar refractivity (Wildman–Crippen MR) is 116 cm³/mol. The Morgan fingerprint density at radius 1 is 0.893 bits per heavy atom. The maximum Gasteiger partial charge on any atom is 0.0972 e. The van der Waals surface area contributed by atoms with Gasteiger partial charge in [-0.15, -0.1) is 0 Å². The molecular formula is C24H22ClN3. The normalized spacial score (nSPS) is 12.1. The Hall–Kier alpha value is -2.88. The average molecular weight is 388 g/mol. The lowest BCUT2D eigenvalue weighted by atomic mass is 10.1. The van der Waals surface area contributed by atoms with Gasteiger partial charge in [0.1, 0.15) is 0 Å². The van der Waals surface area contributed by atoms with Gasteiger partial charge in [0.15, 0.2) is 0 Å². The van der Waals surface area contributed by atoms with E-state index in [-0.39, 0.29) is 6.04 Å². The maximum atomic E-state index is 6.07. The summed E-state index contributed by atoms with van der Waals surface area (Å²) in [4.78, 5) is 0. The summed E-state index contributed by atoms with van der Waals surface area (Å²) < 4.78 is 1.94. The van der Waals surface area contributed by atoms with Crippen LogP contribution in [0.1, 0.15) is 24.1 Å². The van der Waals surface area contributed by atoms with Crippen LogP contribution in [0, 0.1) is 0 Å². The summed E-state index contributed by atoms with van der Waals surface area (Å²) in [6.07, 6.45) is 2.10. The number of aromatic nitrogens is 2. The highest BCUT2D eigenvalue weighted by atomic mass is 35.5. The van der Waals surface area contributed by atoms with Crippen LogP contribution in [-0.2, 0) is 6.54 Å². The average Bonchev–Trinajstić information content (AvgIpc) is 3.18. The molecule has 0 aliphatic carbocycles. The Bertz CT molecular complexity index is 1020. The molecule has 1 aromatic heterocycles. The smallest absolute Gasteiger partial charge is 0.0972 e. The van der Waals surface area contributed by atoms with Crippen molar-refractivity contribution in [2.24, 2.45) is 0 Å². The Kier molecular flexibility index (Phi) is 5.56. The Morgan fingerprint density at radius 2 is 1.54 bits per heavy atom. The highest BCUT2D eigenvalue weighted by Crippen LogP contribution is 2.26. The molecule has 3 nitrogen and oxygen atoms in total. The Morgan fingerprint density at radius 3 is 2.21 bits per heavy atom. The molecule has 0 radical (unpaired) electrons. The minimum atomic E-state index is 0.249. The van der Waals surface area contributed by atoms with Gasteiger partial charge in [-0.2, -0.15) is 5.10 Å². The zero-order valence-corrected chi connectivity index (χ0v) is 16.5. The van der Waals surface area contributed by atoms with Crippen molar-refractivity contribution in [1.29, 1.82) is 0 Å². The first kappa shape index (κ1) is 18.5. The molecule has 140 valence electrons. The zero-order chi connectivity index (χ0) is 19.3. The lowest BCUT2D eigenvalue weighted by Gasteiger charge is -2.14. The van der Waals surface area contributed by atoms with Crippen LogP contribution in [-0.4, -0.2) is 9.78 Å². The van der Waals surface area contributed by atoms with Gasteiger partial charge in [0.25, 0.3) is 0 Å². The van der Waals surface area contributed by atoms with Gasteiger partial charge in [-0.3, -0.25) is 0 Å². The third kappa shape index (κ3) is 4.16. The highest BCUT2D eigenvalue weighted by molar-refractivity contribution is 6.30. The van der Waals surface area contributed by atoms with E-state index in [1.807, 2.05) is 53.2 Å². The van der Waals surface area contributed by atoms with Gasteiger partial charge in [0.05, 0.1) is 11.4 Å². The number of nitrogens with one attached hydrogen (secondary N) is 1. The quantitative estimate of drug-likeness (QED) is 0.437. The summed E-state index contributed by atoms with van der Waals surface area (Å²) in [5.41, 5.74) is 5.48. The van der Waals surface area contributed by atoms with Crippen molar-refractivity contribution in [1.82, 2.24) is 15.1 Å². The van der Waals surface area contributed by atoms with Gasteiger partial charge in [-0.25, -0.2) is 4.68 Å². The molecule has 1 atom stereocenters. The molecular weight excluding hydrogens is 366 g/mol. The molecule has 0 spiro atoms. The summed E-state index contributed by atoms with van der Waals surface area (Å²) in [7, 11) is 0. The summed E-state index contributed by atoms with van der Waals surface area (Å²) in [6.45, 7) is 2.90. The van der Waals surface area contributed by atoms with Crippen molar-refractivity contribution in [3.8, 4) is 16.9 Å². The molecule has 1 heterocycles. The van der Waals surface area contributed by atoms with Gasteiger partial charge >= 0.3 is 0 Å². The second-order valence-corrected chi connectivity index (χ2v) is 7.24. The lowest BCUT2D eigenvalue weighted by Crippen LogP contribution is -2.18. The molecule has 4 rings (SSSR count). The van der Waals surface area contributed by atoms with Crippen LogP contribution >= 0.6 is 11.6 Å². The number of hydrogen-bond donors (Lipinski definition) is 1. The van der Waals surface area contributed by atoms with Crippen LogP contribution in [0.4, 0.5) is 0 Å². The monoisotopic (exact) mass is 387 g/mol. The minimum absolute atomic E-state index is 0.249. The van der Waals surface area contributed by atoms with E-state index in [1.54, 1.807) is 0 Å². The summed E-state index contributed by atoms with van der Waals surface area (Å²) in [5, 5.41) is 9.21. The first-order chi connectivity index (χ1) is 13.7. The van der Waals surface area contributed by atoms with Gasteiger partial charge in [-0.05, 0) is 36.8 Å². The van der Waals surface area contributed by atoms with Crippen molar-refractivity contribution in [2.45, 2.75) is 19.5 Å². The van der Waals surface area contributed by atoms with Crippen molar-refractivity contribution in [3.05, 3.63) is 107 Å². The number of benzene rings is 3. The second-order valence-electron chi connectivity index (χ2n) is 6.80.